The van der Waals surface area contributed by atoms with E-state index in [1.54, 1.807) is 6.92 Å². The van der Waals surface area contributed by atoms with Crippen molar-refractivity contribution in [2.75, 3.05) is 6.61 Å². The Labute approximate surface area is 178 Å². The number of benzene rings is 1. The fourth-order valence-electron chi connectivity index (χ4n) is 1.90. The fourth-order valence-corrected chi connectivity index (χ4v) is 2.96. The second-order valence-electron chi connectivity index (χ2n) is 4.87. The second kappa shape index (κ2) is 8.98. The Morgan fingerprint density at radius 2 is 1.89 bits per heavy atom. The van der Waals surface area contributed by atoms with Crippen molar-refractivity contribution in [1.29, 1.82) is 0 Å². The number of halogens is 3. The number of rotatable bonds is 5. The molecule has 1 amide bonds. The predicted molar refractivity (Wildman–Crippen MR) is 88.6 cm³/mol. The number of hydrogen-bond donors (Lipinski definition) is 1. The smallest absolute Gasteiger partial charge is 0.464 e. The molecule has 10 nitrogen and oxygen atoms in total. The summed E-state index contributed by atoms with van der Waals surface area (Å²) in [5.74, 6) is -1.05. The number of hydrogen-bond acceptors (Lipinski definition) is 7. The van der Waals surface area contributed by atoms with Gasteiger partial charge in [-0.25, -0.2) is 27.3 Å². The molecule has 0 bridgehead atoms. The number of amides is 1. The quantitative estimate of drug-likeness (QED) is 0.680. The van der Waals surface area contributed by atoms with Crippen LogP contribution in [0.25, 0.3) is 0 Å². The Bertz CT molecular complexity index is 1020. The minimum Gasteiger partial charge on any atom is -0.464 e. The van der Waals surface area contributed by atoms with Gasteiger partial charge in [0, 0.05) is 36.6 Å². The van der Waals surface area contributed by atoms with Crippen LogP contribution in [-0.4, -0.2) is 71.3 Å². The van der Waals surface area contributed by atoms with Gasteiger partial charge in [0.15, 0.2) is 0 Å². The molecule has 1 aromatic heterocycles. The first-order chi connectivity index (χ1) is 12.5. The van der Waals surface area contributed by atoms with Crippen LogP contribution < -0.4 is 19.9 Å². The monoisotopic (exact) mass is 433 g/mol. The van der Waals surface area contributed by atoms with Gasteiger partial charge in [0.2, 0.25) is 0 Å². The molecule has 1 heterocycles. The molecule has 0 unspecified atom stereocenters. The molecule has 2 rings (SSSR count). The third-order valence-electron chi connectivity index (χ3n) is 2.99. The molecule has 0 atom stereocenters. The molecular weight excluding hydrogens is 420 g/mol. The van der Waals surface area contributed by atoms with Crippen molar-refractivity contribution >= 4 is 45.6 Å². The van der Waals surface area contributed by atoms with E-state index in [1.165, 1.54) is 11.8 Å². The second-order valence-corrected chi connectivity index (χ2v) is 6.52. The van der Waals surface area contributed by atoms with Crippen molar-refractivity contribution in [3.05, 3.63) is 34.7 Å². The molecule has 15 heteroatoms. The van der Waals surface area contributed by atoms with Crippen molar-refractivity contribution in [3.8, 4) is 11.8 Å². The van der Waals surface area contributed by atoms with Gasteiger partial charge in [0.1, 0.15) is 10.6 Å². The van der Waals surface area contributed by atoms with Gasteiger partial charge in [-0.05, 0) is 19.1 Å². The number of alkyl halides is 3. The molecule has 149 valence electrons. The topological polar surface area (TPSA) is 122 Å². The van der Waals surface area contributed by atoms with Crippen LogP contribution in [0.5, 0.6) is 11.8 Å². The molecular formula is C13H13F3N4NaO6S. The van der Waals surface area contributed by atoms with Crippen LogP contribution >= 0.6 is 0 Å². The van der Waals surface area contributed by atoms with Crippen LogP contribution in [-0.2, 0) is 17.1 Å². The van der Waals surface area contributed by atoms with E-state index in [1.807, 2.05) is 0 Å². The van der Waals surface area contributed by atoms with Crippen LogP contribution in [0.3, 0.4) is 0 Å². The first-order valence-electron chi connectivity index (χ1n) is 7.17. The van der Waals surface area contributed by atoms with Gasteiger partial charge >= 0.3 is 24.1 Å². The zero-order chi connectivity index (χ0) is 20.4. The van der Waals surface area contributed by atoms with Gasteiger partial charge in [-0.15, -0.1) is 23.0 Å². The maximum absolute atomic E-state index is 12.4. The van der Waals surface area contributed by atoms with E-state index < -0.39 is 38.8 Å². The summed E-state index contributed by atoms with van der Waals surface area (Å²) in [6, 6.07) is 2.03. The number of nitrogens with one attached hydrogen (secondary N) is 1. The average molecular weight is 433 g/mol. The Morgan fingerprint density at radius 3 is 2.46 bits per heavy atom. The van der Waals surface area contributed by atoms with E-state index in [2.05, 4.69) is 9.84 Å². The van der Waals surface area contributed by atoms with Gasteiger partial charge in [0.05, 0.1) is 6.61 Å². The SMILES string of the molecule is CCOc1nn(C(=O)NS(=O)(=O)c2ccccc2OC(F)(F)F)c(=O)n1C.[Na]. The zero-order valence-corrected chi connectivity index (χ0v) is 17.7. The van der Waals surface area contributed by atoms with E-state index in [0.717, 1.165) is 28.8 Å². The van der Waals surface area contributed by atoms with Crippen molar-refractivity contribution in [1.82, 2.24) is 19.1 Å². The minimum absolute atomic E-state index is 0. The van der Waals surface area contributed by atoms with Crippen LogP contribution in [0.1, 0.15) is 6.92 Å². The molecule has 1 aromatic carbocycles. The summed E-state index contributed by atoms with van der Waals surface area (Å²) in [6.07, 6.45) is -5.15. The van der Waals surface area contributed by atoms with E-state index in [9.17, 15) is 31.2 Å². The summed E-state index contributed by atoms with van der Waals surface area (Å²) in [4.78, 5) is 23.1. The van der Waals surface area contributed by atoms with Crippen LogP contribution in [0.2, 0.25) is 0 Å². The van der Waals surface area contributed by atoms with Crippen molar-refractivity contribution in [2.45, 2.75) is 18.2 Å². The van der Waals surface area contributed by atoms with E-state index in [4.69, 9.17) is 4.74 Å². The molecule has 0 aliphatic carbocycles. The van der Waals surface area contributed by atoms with Gasteiger partial charge in [-0.3, -0.25) is 0 Å². The molecule has 2 aromatic rings. The summed E-state index contributed by atoms with van der Waals surface area (Å²) in [6.45, 7) is 1.71. The summed E-state index contributed by atoms with van der Waals surface area (Å²) in [5, 5.41) is 3.52. The zero-order valence-electron chi connectivity index (χ0n) is 14.8. The fraction of sp³-hybridized carbons (Fsp3) is 0.308. The molecule has 0 fully saturated rings. The summed E-state index contributed by atoms with van der Waals surface area (Å²) in [5.41, 5.74) is -1.02. The number of sulfonamides is 1. The molecule has 28 heavy (non-hydrogen) atoms. The number of carbonyl (C=O) groups is 1. The van der Waals surface area contributed by atoms with Crippen LogP contribution in [0.15, 0.2) is 34.0 Å². The number of para-hydroxylation sites is 1. The van der Waals surface area contributed by atoms with E-state index >= 15 is 0 Å². The summed E-state index contributed by atoms with van der Waals surface area (Å²) >= 11 is 0. The predicted octanol–water partition coefficient (Wildman–Crippen LogP) is 0.445. The Balaban J connectivity index is 0.00000392. The van der Waals surface area contributed by atoms with Crippen LogP contribution in [0, 0.1) is 0 Å². The van der Waals surface area contributed by atoms with Gasteiger partial charge in [-0.1, -0.05) is 12.1 Å². The molecule has 0 aliphatic heterocycles. The standard InChI is InChI=1S/C13H13F3N4O6S.Na/c1-3-25-11-17-20(12(22)19(11)2)10(21)18-27(23,24)9-7-5-4-6-8(9)26-13(14,15)16;/h4-7H,3H2,1-2H3,(H,18,21);. The van der Waals surface area contributed by atoms with Gasteiger partial charge in [-0.2, -0.15) is 0 Å². The van der Waals surface area contributed by atoms with Gasteiger partial charge < -0.3 is 9.47 Å². The molecule has 0 spiro atoms. The number of nitrogens with zero attached hydrogens (tertiary/aromatic N) is 3. The number of carbonyl (C=O) groups excluding carboxylic acids is 1. The van der Waals surface area contributed by atoms with Crippen LogP contribution in [0.4, 0.5) is 18.0 Å². The maximum atomic E-state index is 12.4. The van der Waals surface area contributed by atoms with Gasteiger partial charge in [0.25, 0.3) is 10.0 Å². The summed E-state index contributed by atoms with van der Waals surface area (Å²) in [7, 11) is -3.59. The van der Waals surface area contributed by atoms with E-state index in [0.29, 0.717) is 0 Å². The molecule has 1 radical (unpaired) electrons. The van der Waals surface area contributed by atoms with Crippen molar-refractivity contribution < 1.29 is 35.9 Å². The first kappa shape index (κ1) is 24.0. The third kappa shape index (κ3) is 5.50. The summed E-state index contributed by atoms with van der Waals surface area (Å²) < 4.78 is 73.0. The number of ether oxygens (including phenoxy) is 2. The third-order valence-corrected chi connectivity index (χ3v) is 4.35. The molecule has 1 N–H and O–H groups in total. The molecule has 0 saturated heterocycles. The first-order valence-corrected chi connectivity index (χ1v) is 8.65. The van der Waals surface area contributed by atoms with Crippen molar-refractivity contribution in [2.24, 2.45) is 7.05 Å². The minimum atomic E-state index is -5.15. The Kier molecular flexibility index (Phi) is 7.70. The Morgan fingerprint density at radius 1 is 1.29 bits per heavy atom. The molecule has 0 saturated carbocycles. The normalized spacial score (nSPS) is 11.5. The van der Waals surface area contributed by atoms with E-state index in [-0.39, 0.29) is 46.9 Å². The number of aromatic nitrogens is 3. The van der Waals surface area contributed by atoms with Crippen molar-refractivity contribution in [3.63, 3.8) is 0 Å². The maximum Gasteiger partial charge on any atom is 0.573 e. The molecule has 0 aliphatic rings. The Hall–Kier alpha value is -2.03. The average Bonchev–Trinajstić information content (AvgIpc) is 2.82. The largest absolute Gasteiger partial charge is 0.573 e.